The van der Waals surface area contributed by atoms with Crippen LogP contribution in [0.1, 0.15) is 16.7 Å². The standard InChI is InChI=1S/C15H13F3N2/c16-15(17,18)12-5-6-14(13(19)7-12)20-8-10-3-1-2-4-11(10)9-20/h1-7H,8-9,19H2. The molecule has 0 spiro atoms. The maximum absolute atomic E-state index is 12.6. The van der Waals surface area contributed by atoms with E-state index in [0.29, 0.717) is 18.8 Å². The summed E-state index contributed by atoms with van der Waals surface area (Å²) in [6, 6.07) is 11.5. The molecule has 0 saturated heterocycles. The third kappa shape index (κ3) is 2.19. The van der Waals surface area contributed by atoms with E-state index in [4.69, 9.17) is 5.73 Å². The Morgan fingerprint density at radius 3 is 2.05 bits per heavy atom. The van der Waals surface area contributed by atoms with Gasteiger partial charge in [0.2, 0.25) is 0 Å². The average molecular weight is 278 g/mol. The molecular formula is C15H13F3N2. The Bertz CT molecular complexity index is 625. The first-order chi connectivity index (χ1) is 9.45. The van der Waals surface area contributed by atoms with E-state index in [0.717, 1.165) is 12.1 Å². The van der Waals surface area contributed by atoms with Gasteiger partial charge in [-0.3, -0.25) is 0 Å². The Labute approximate surface area is 114 Å². The molecule has 1 heterocycles. The number of alkyl halides is 3. The molecule has 1 aliphatic heterocycles. The number of rotatable bonds is 1. The van der Waals surface area contributed by atoms with Gasteiger partial charge in [0.1, 0.15) is 0 Å². The molecule has 0 aliphatic carbocycles. The Kier molecular flexibility index (Phi) is 2.85. The third-order valence-electron chi connectivity index (χ3n) is 3.54. The molecule has 2 N–H and O–H groups in total. The molecule has 1 aliphatic rings. The SMILES string of the molecule is Nc1cc(C(F)(F)F)ccc1N1Cc2ccccc2C1. The molecule has 5 heteroatoms. The van der Waals surface area contributed by atoms with Crippen molar-refractivity contribution in [3.63, 3.8) is 0 Å². The fourth-order valence-corrected chi connectivity index (χ4v) is 2.52. The summed E-state index contributed by atoms with van der Waals surface area (Å²) >= 11 is 0. The van der Waals surface area contributed by atoms with Crippen molar-refractivity contribution in [1.29, 1.82) is 0 Å². The monoisotopic (exact) mass is 278 g/mol. The largest absolute Gasteiger partial charge is 0.416 e. The number of nitrogen functional groups attached to an aromatic ring is 1. The predicted molar refractivity (Wildman–Crippen MR) is 72.2 cm³/mol. The van der Waals surface area contributed by atoms with Crippen LogP contribution in [0.3, 0.4) is 0 Å². The van der Waals surface area contributed by atoms with Gasteiger partial charge in [-0.25, -0.2) is 0 Å². The summed E-state index contributed by atoms with van der Waals surface area (Å²) in [6.07, 6.45) is -4.36. The number of halogens is 3. The lowest BCUT2D eigenvalue weighted by atomic mass is 10.1. The van der Waals surface area contributed by atoms with E-state index in [1.165, 1.54) is 17.2 Å². The summed E-state index contributed by atoms with van der Waals surface area (Å²) in [4.78, 5) is 1.99. The summed E-state index contributed by atoms with van der Waals surface area (Å²) in [7, 11) is 0. The van der Waals surface area contributed by atoms with Gasteiger partial charge in [-0.2, -0.15) is 13.2 Å². The fraction of sp³-hybridized carbons (Fsp3) is 0.200. The van der Waals surface area contributed by atoms with Crippen molar-refractivity contribution >= 4 is 11.4 Å². The summed E-state index contributed by atoms with van der Waals surface area (Å²) in [5, 5.41) is 0. The Morgan fingerprint density at radius 2 is 1.55 bits per heavy atom. The topological polar surface area (TPSA) is 29.3 Å². The van der Waals surface area contributed by atoms with E-state index in [-0.39, 0.29) is 5.69 Å². The van der Waals surface area contributed by atoms with Crippen molar-refractivity contribution in [2.24, 2.45) is 0 Å². The van der Waals surface area contributed by atoms with Crippen LogP contribution in [-0.2, 0) is 19.3 Å². The normalized spacial score (nSPS) is 14.4. The van der Waals surface area contributed by atoms with Crippen molar-refractivity contribution in [1.82, 2.24) is 0 Å². The highest BCUT2D eigenvalue weighted by Gasteiger charge is 2.31. The molecule has 2 aromatic rings. The van der Waals surface area contributed by atoms with Crippen molar-refractivity contribution in [2.45, 2.75) is 19.3 Å². The summed E-state index contributed by atoms with van der Waals surface area (Å²) in [5.74, 6) is 0. The van der Waals surface area contributed by atoms with E-state index in [2.05, 4.69) is 0 Å². The highest BCUT2D eigenvalue weighted by molar-refractivity contribution is 5.70. The molecule has 20 heavy (non-hydrogen) atoms. The van der Waals surface area contributed by atoms with Gasteiger partial charge in [-0.15, -0.1) is 0 Å². The van der Waals surface area contributed by atoms with Gasteiger partial charge in [0.15, 0.2) is 0 Å². The highest BCUT2D eigenvalue weighted by atomic mass is 19.4. The van der Waals surface area contributed by atoms with Crippen LogP contribution >= 0.6 is 0 Å². The number of hydrogen-bond donors (Lipinski definition) is 1. The molecule has 0 radical (unpaired) electrons. The Balaban J connectivity index is 1.90. The van der Waals surface area contributed by atoms with Crippen molar-refractivity contribution < 1.29 is 13.2 Å². The van der Waals surface area contributed by atoms with Crippen LogP contribution in [0.5, 0.6) is 0 Å². The van der Waals surface area contributed by atoms with Crippen molar-refractivity contribution in [3.8, 4) is 0 Å². The van der Waals surface area contributed by atoms with Crippen LogP contribution in [0.4, 0.5) is 24.5 Å². The molecule has 0 atom stereocenters. The van der Waals surface area contributed by atoms with Gasteiger partial charge in [-0.1, -0.05) is 24.3 Å². The third-order valence-corrected chi connectivity index (χ3v) is 3.54. The van der Waals surface area contributed by atoms with Crippen LogP contribution in [0, 0.1) is 0 Å². The first kappa shape index (κ1) is 12.8. The molecule has 0 saturated carbocycles. The minimum Gasteiger partial charge on any atom is -0.397 e. The van der Waals surface area contributed by atoms with E-state index in [1.54, 1.807) is 0 Å². The maximum Gasteiger partial charge on any atom is 0.416 e. The second-order valence-corrected chi connectivity index (χ2v) is 4.90. The highest BCUT2D eigenvalue weighted by Crippen LogP contribution is 2.36. The van der Waals surface area contributed by atoms with E-state index in [9.17, 15) is 13.2 Å². The van der Waals surface area contributed by atoms with Crippen LogP contribution in [-0.4, -0.2) is 0 Å². The van der Waals surface area contributed by atoms with Crippen LogP contribution in [0.2, 0.25) is 0 Å². The van der Waals surface area contributed by atoms with Gasteiger partial charge in [-0.05, 0) is 29.3 Å². The molecule has 2 aromatic carbocycles. The van der Waals surface area contributed by atoms with Gasteiger partial charge in [0.25, 0.3) is 0 Å². The van der Waals surface area contributed by atoms with Gasteiger partial charge in [0.05, 0.1) is 16.9 Å². The van der Waals surface area contributed by atoms with Crippen molar-refractivity contribution in [2.75, 3.05) is 10.6 Å². The van der Waals surface area contributed by atoms with Crippen molar-refractivity contribution in [3.05, 3.63) is 59.2 Å². The number of fused-ring (bicyclic) bond motifs is 1. The summed E-state index contributed by atoms with van der Waals surface area (Å²) < 4.78 is 37.9. The summed E-state index contributed by atoms with van der Waals surface area (Å²) in [6.45, 7) is 1.34. The molecule has 104 valence electrons. The molecule has 0 aromatic heterocycles. The number of nitrogens with two attached hydrogens (primary N) is 1. The lowest BCUT2D eigenvalue weighted by molar-refractivity contribution is -0.137. The minimum absolute atomic E-state index is 0.160. The van der Waals surface area contributed by atoms with Gasteiger partial charge in [0, 0.05) is 13.1 Å². The zero-order chi connectivity index (χ0) is 14.3. The second-order valence-electron chi connectivity index (χ2n) is 4.90. The maximum atomic E-state index is 12.6. The predicted octanol–water partition coefficient (Wildman–Crippen LogP) is 3.81. The summed E-state index contributed by atoms with van der Waals surface area (Å²) in [5.41, 5.74) is 8.26. The van der Waals surface area contributed by atoms with Gasteiger partial charge >= 0.3 is 6.18 Å². The minimum atomic E-state index is -4.36. The molecular weight excluding hydrogens is 265 g/mol. The fourth-order valence-electron chi connectivity index (χ4n) is 2.52. The first-order valence-electron chi connectivity index (χ1n) is 6.23. The lowest BCUT2D eigenvalue weighted by Crippen LogP contribution is -2.17. The Hall–Kier alpha value is -2.17. The van der Waals surface area contributed by atoms with Crippen LogP contribution in [0.25, 0.3) is 0 Å². The molecule has 0 fully saturated rings. The molecule has 0 unspecified atom stereocenters. The van der Waals surface area contributed by atoms with Gasteiger partial charge < -0.3 is 10.6 Å². The average Bonchev–Trinajstić information content (AvgIpc) is 2.80. The zero-order valence-corrected chi connectivity index (χ0v) is 10.6. The van der Waals surface area contributed by atoms with Crippen LogP contribution < -0.4 is 10.6 Å². The molecule has 3 rings (SSSR count). The van der Waals surface area contributed by atoms with E-state index < -0.39 is 11.7 Å². The Morgan fingerprint density at radius 1 is 0.950 bits per heavy atom. The van der Waals surface area contributed by atoms with Crippen LogP contribution in [0.15, 0.2) is 42.5 Å². The number of nitrogens with zero attached hydrogens (tertiary/aromatic N) is 1. The van der Waals surface area contributed by atoms with E-state index >= 15 is 0 Å². The second kappa shape index (κ2) is 4.44. The van der Waals surface area contributed by atoms with E-state index in [1.807, 2.05) is 29.2 Å². The quantitative estimate of drug-likeness (QED) is 0.804. The number of anilines is 2. The lowest BCUT2D eigenvalue weighted by Gasteiger charge is -2.21. The smallest absolute Gasteiger partial charge is 0.397 e. The molecule has 0 amide bonds. The number of hydrogen-bond acceptors (Lipinski definition) is 2. The molecule has 0 bridgehead atoms. The first-order valence-corrected chi connectivity index (χ1v) is 6.23. The zero-order valence-electron chi connectivity index (χ0n) is 10.6. The molecule has 2 nitrogen and oxygen atoms in total. The number of benzene rings is 2.